The molecule has 5 heteroatoms. The molecule has 1 fully saturated rings. The number of ether oxygens (including phenoxy) is 1. The van der Waals surface area contributed by atoms with Crippen molar-refractivity contribution in [3.05, 3.63) is 23.9 Å². The Balaban J connectivity index is 2.20. The van der Waals surface area contributed by atoms with Gasteiger partial charge in [0.05, 0.1) is 17.8 Å². The van der Waals surface area contributed by atoms with Crippen molar-refractivity contribution < 1.29 is 9.53 Å². The molecule has 1 saturated heterocycles. The number of aromatic nitrogens is 1. The van der Waals surface area contributed by atoms with E-state index in [9.17, 15) is 4.79 Å². The zero-order valence-electron chi connectivity index (χ0n) is 10.9. The Morgan fingerprint density at radius 1 is 1.44 bits per heavy atom. The van der Waals surface area contributed by atoms with Crippen molar-refractivity contribution in [2.75, 3.05) is 19.3 Å². The Morgan fingerprint density at radius 3 is 2.72 bits per heavy atom. The Morgan fingerprint density at radius 2 is 2.11 bits per heavy atom. The van der Waals surface area contributed by atoms with Gasteiger partial charge >= 0.3 is 0 Å². The van der Waals surface area contributed by atoms with Crippen molar-refractivity contribution >= 4 is 17.7 Å². The van der Waals surface area contributed by atoms with E-state index < -0.39 is 0 Å². The van der Waals surface area contributed by atoms with Gasteiger partial charge in [-0.15, -0.1) is 11.8 Å². The number of thioether (sulfide) groups is 1. The Hall–Kier alpha value is -1.07. The third kappa shape index (κ3) is 2.84. The van der Waals surface area contributed by atoms with E-state index in [4.69, 9.17) is 4.74 Å². The molecule has 1 aromatic rings. The highest BCUT2D eigenvalue weighted by Crippen LogP contribution is 2.20. The molecule has 0 spiro atoms. The molecule has 0 aromatic carbocycles. The van der Waals surface area contributed by atoms with Crippen LogP contribution in [0.5, 0.6) is 0 Å². The van der Waals surface area contributed by atoms with Crippen LogP contribution in [0.1, 0.15) is 24.2 Å². The highest BCUT2D eigenvalue weighted by molar-refractivity contribution is 7.98. The minimum absolute atomic E-state index is 0.0504. The van der Waals surface area contributed by atoms with Gasteiger partial charge in [0.1, 0.15) is 5.03 Å². The van der Waals surface area contributed by atoms with Crippen molar-refractivity contribution in [3.8, 4) is 0 Å². The number of morpholine rings is 1. The molecule has 0 N–H and O–H groups in total. The van der Waals surface area contributed by atoms with E-state index >= 15 is 0 Å². The first-order valence-electron chi connectivity index (χ1n) is 6.05. The lowest BCUT2D eigenvalue weighted by Gasteiger charge is -2.35. The van der Waals surface area contributed by atoms with Crippen LogP contribution in [-0.2, 0) is 4.74 Å². The van der Waals surface area contributed by atoms with Crippen LogP contribution in [0.15, 0.2) is 23.4 Å². The number of amides is 1. The minimum atomic E-state index is 0.0504. The van der Waals surface area contributed by atoms with E-state index in [0.29, 0.717) is 18.7 Å². The SMILES string of the molecule is CSc1ncccc1C(=O)N1CC(C)OC(C)C1. The molecule has 0 saturated carbocycles. The van der Waals surface area contributed by atoms with Crippen LogP contribution >= 0.6 is 11.8 Å². The Labute approximate surface area is 112 Å². The van der Waals surface area contributed by atoms with Gasteiger partial charge in [-0.25, -0.2) is 4.98 Å². The fourth-order valence-corrected chi connectivity index (χ4v) is 2.77. The molecule has 0 bridgehead atoms. The molecule has 1 aromatic heterocycles. The van der Waals surface area contributed by atoms with Crippen molar-refractivity contribution in [2.24, 2.45) is 0 Å². The normalized spacial score (nSPS) is 24.1. The first-order valence-corrected chi connectivity index (χ1v) is 7.28. The summed E-state index contributed by atoms with van der Waals surface area (Å²) < 4.78 is 5.64. The fourth-order valence-electron chi connectivity index (χ4n) is 2.23. The molecule has 2 rings (SSSR count). The number of carbonyl (C=O) groups excluding carboxylic acids is 1. The number of nitrogens with zero attached hydrogens (tertiary/aromatic N) is 2. The molecular formula is C13H18N2O2S. The van der Waals surface area contributed by atoms with Crippen LogP contribution in [0.4, 0.5) is 0 Å². The van der Waals surface area contributed by atoms with Crippen molar-refractivity contribution in [1.82, 2.24) is 9.88 Å². The zero-order chi connectivity index (χ0) is 13.1. The van der Waals surface area contributed by atoms with Gasteiger partial charge in [0.25, 0.3) is 5.91 Å². The first-order chi connectivity index (χ1) is 8.61. The third-order valence-electron chi connectivity index (χ3n) is 2.90. The summed E-state index contributed by atoms with van der Waals surface area (Å²) in [4.78, 5) is 18.6. The summed E-state index contributed by atoms with van der Waals surface area (Å²) in [6.45, 7) is 5.28. The average Bonchev–Trinajstić information content (AvgIpc) is 2.36. The molecule has 1 aliphatic heterocycles. The van der Waals surface area contributed by atoms with E-state index in [1.807, 2.05) is 31.1 Å². The smallest absolute Gasteiger partial charge is 0.256 e. The van der Waals surface area contributed by atoms with Crippen LogP contribution in [0.2, 0.25) is 0 Å². The summed E-state index contributed by atoms with van der Waals surface area (Å²) in [6.07, 6.45) is 3.83. The lowest BCUT2D eigenvalue weighted by atomic mass is 10.2. The lowest BCUT2D eigenvalue weighted by Crippen LogP contribution is -2.48. The zero-order valence-corrected chi connectivity index (χ0v) is 11.7. The molecule has 2 unspecified atom stereocenters. The van der Waals surface area contributed by atoms with Crippen LogP contribution in [0.25, 0.3) is 0 Å². The second-order valence-electron chi connectivity index (χ2n) is 4.53. The van der Waals surface area contributed by atoms with Gasteiger partial charge in [-0.1, -0.05) is 0 Å². The van der Waals surface area contributed by atoms with Gasteiger partial charge in [-0.3, -0.25) is 4.79 Å². The van der Waals surface area contributed by atoms with E-state index in [2.05, 4.69) is 4.98 Å². The summed E-state index contributed by atoms with van der Waals surface area (Å²) in [5.41, 5.74) is 0.686. The largest absolute Gasteiger partial charge is 0.372 e. The van der Waals surface area contributed by atoms with Crippen molar-refractivity contribution in [2.45, 2.75) is 31.1 Å². The van der Waals surface area contributed by atoms with E-state index in [1.165, 1.54) is 11.8 Å². The maximum atomic E-state index is 12.5. The summed E-state index contributed by atoms with van der Waals surface area (Å²) in [7, 11) is 0. The number of rotatable bonds is 2. The number of carbonyl (C=O) groups is 1. The van der Waals surface area contributed by atoms with Gasteiger partial charge in [0, 0.05) is 19.3 Å². The molecule has 0 radical (unpaired) electrons. The monoisotopic (exact) mass is 266 g/mol. The molecule has 98 valence electrons. The van der Waals surface area contributed by atoms with Crippen molar-refractivity contribution in [3.63, 3.8) is 0 Å². The molecule has 18 heavy (non-hydrogen) atoms. The lowest BCUT2D eigenvalue weighted by molar-refractivity contribution is -0.0587. The molecule has 4 nitrogen and oxygen atoms in total. The maximum Gasteiger partial charge on any atom is 0.256 e. The summed E-state index contributed by atoms with van der Waals surface area (Å²) >= 11 is 1.50. The maximum absolute atomic E-state index is 12.5. The Kier molecular flexibility index (Phi) is 4.24. The molecule has 1 aliphatic rings. The summed E-state index contributed by atoms with van der Waals surface area (Å²) in [6, 6.07) is 3.65. The van der Waals surface area contributed by atoms with E-state index in [1.54, 1.807) is 12.3 Å². The fraction of sp³-hybridized carbons (Fsp3) is 0.538. The molecule has 0 aliphatic carbocycles. The summed E-state index contributed by atoms with van der Waals surface area (Å²) in [5.74, 6) is 0.0504. The van der Waals surface area contributed by atoms with Gasteiger partial charge in [0.15, 0.2) is 0 Å². The van der Waals surface area contributed by atoms with Crippen LogP contribution in [0.3, 0.4) is 0 Å². The van der Waals surface area contributed by atoms with Crippen LogP contribution < -0.4 is 0 Å². The number of hydrogen-bond donors (Lipinski definition) is 0. The van der Waals surface area contributed by atoms with Crippen LogP contribution in [0, 0.1) is 0 Å². The average molecular weight is 266 g/mol. The number of hydrogen-bond acceptors (Lipinski definition) is 4. The standard InChI is InChI=1S/C13H18N2O2S/c1-9-7-15(8-10(2)17-9)13(16)11-5-4-6-14-12(11)18-3/h4-6,9-10H,7-8H2,1-3H3. The predicted molar refractivity (Wildman–Crippen MR) is 71.9 cm³/mol. The van der Waals surface area contributed by atoms with Gasteiger partial charge in [0.2, 0.25) is 0 Å². The second-order valence-corrected chi connectivity index (χ2v) is 5.32. The highest BCUT2D eigenvalue weighted by Gasteiger charge is 2.27. The van der Waals surface area contributed by atoms with Crippen LogP contribution in [-0.4, -0.2) is 47.3 Å². The van der Waals surface area contributed by atoms with Gasteiger partial charge in [-0.2, -0.15) is 0 Å². The molecule has 2 heterocycles. The highest BCUT2D eigenvalue weighted by atomic mass is 32.2. The van der Waals surface area contributed by atoms with E-state index in [-0.39, 0.29) is 18.1 Å². The molecule has 2 atom stereocenters. The van der Waals surface area contributed by atoms with E-state index in [0.717, 1.165) is 5.03 Å². The first kappa shape index (κ1) is 13.4. The van der Waals surface area contributed by atoms with Gasteiger partial charge < -0.3 is 9.64 Å². The third-order valence-corrected chi connectivity index (χ3v) is 3.61. The second kappa shape index (κ2) is 5.71. The summed E-state index contributed by atoms with van der Waals surface area (Å²) in [5, 5.41) is 0.786. The minimum Gasteiger partial charge on any atom is -0.372 e. The molecular weight excluding hydrogens is 248 g/mol. The molecule has 1 amide bonds. The Bertz CT molecular complexity index is 429. The van der Waals surface area contributed by atoms with Crippen molar-refractivity contribution in [1.29, 1.82) is 0 Å². The quantitative estimate of drug-likeness (QED) is 0.768. The predicted octanol–water partition coefficient (Wildman–Crippen LogP) is 2.05. The number of pyridine rings is 1. The topological polar surface area (TPSA) is 42.4 Å². The van der Waals surface area contributed by atoms with Gasteiger partial charge in [-0.05, 0) is 32.2 Å².